The van der Waals surface area contributed by atoms with Crippen LogP contribution in [-0.4, -0.2) is 36.2 Å². The van der Waals surface area contributed by atoms with Crippen LogP contribution >= 0.6 is 0 Å². The van der Waals surface area contributed by atoms with Gasteiger partial charge in [0, 0.05) is 12.0 Å². The normalized spacial score (nSPS) is 13.2. The van der Waals surface area contributed by atoms with E-state index >= 15 is 0 Å². The van der Waals surface area contributed by atoms with Gasteiger partial charge in [0.1, 0.15) is 6.10 Å². The number of carbonyl (C=O) groups is 3. The fraction of sp³-hybridized carbons (Fsp3) is 0.615. The van der Waals surface area contributed by atoms with Crippen molar-refractivity contribution in [1.29, 1.82) is 0 Å². The van der Waals surface area contributed by atoms with E-state index in [0.717, 1.165) is 0 Å². The summed E-state index contributed by atoms with van der Waals surface area (Å²) in [6.07, 6.45) is -0.145. The molecule has 0 aromatic rings. The molecule has 0 heterocycles. The SMILES string of the molecule is C=C(C)C(=O)OC(C)C(CCCC(=O)O)C(=O)OC. The number of rotatable bonds is 8. The predicted molar refractivity (Wildman–Crippen MR) is 67.4 cm³/mol. The van der Waals surface area contributed by atoms with Crippen molar-refractivity contribution in [1.82, 2.24) is 0 Å². The lowest BCUT2D eigenvalue weighted by Gasteiger charge is -2.21. The molecule has 0 aliphatic carbocycles. The number of carboxylic acids is 1. The molecule has 0 saturated heterocycles. The highest BCUT2D eigenvalue weighted by molar-refractivity contribution is 5.87. The smallest absolute Gasteiger partial charge is 0.333 e. The van der Waals surface area contributed by atoms with Crippen LogP contribution in [0.15, 0.2) is 12.2 Å². The van der Waals surface area contributed by atoms with Gasteiger partial charge in [0.2, 0.25) is 0 Å². The van der Waals surface area contributed by atoms with E-state index in [4.69, 9.17) is 9.84 Å². The van der Waals surface area contributed by atoms with Gasteiger partial charge in [0.15, 0.2) is 0 Å². The van der Waals surface area contributed by atoms with E-state index in [-0.39, 0.29) is 18.4 Å². The van der Waals surface area contributed by atoms with Crippen LogP contribution in [0.3, 0.4) is 0 Å². The molecule has 0 bridgehead atoms. The van der Waals surface area contributed by atoms with Gasteiger partial charge in [0.25, 0.3) is 0 Å². The number of methoxy groups -OCH3 is 1. The van der Waals surface area contributed by atoms with E-state index in [1.165, 1.54) is 14.0 Å². The maximum absolute atomic E-state index is 11.6. The number of carbonyl (C=O) groups excluding carboxylic acids is 2. The standard InChI is InChI=1S/C13H20O6/c1-8(2)12(16)19-9(3)10(13(17)18-4)6-5-7-11(14)15/h9-10H,1,5-7H2,2-4H3,(H,14,15). The molecule has 0 fully saturated rings. The van der Waals surface area contributed by atoms with Crippen molar-refractivity contribution in [2.45, 2.75) is 39.2 Å². The minimum atomic E-state index is -0.935. The Hall–Kier alpha value is -1.85. The van der Waals surface area contributed by atoms with Crippen molar-refractivity contribution in [3.8, 4) is 0 Å². The van der Waals surface area contributed by atoms with Crippen molar-refractivity contribution in [3.05, 3.63) is 12.2 Å². The van der Waals surface area contributed by atoms with E-state index in [0.29, 0.717) is 6.42 Å². The summed E-state index contributed by atoms with van der Waals surface area (Å²) in [4.78, 5) is 33.4. The molecule has 0 radical (unpaired) electrons. The summed E-state index contributed by atoms with van der Waals surface area (Å²) in [6.45, 7) is 6.53. The molecule has 0 aromatic heterocycles. The molecule has 6 heteroatoms. The number of carboxylic acid groups (broad SMARTS) is 1. The van der Waals surface area contributed by atoms with Crippen LogP contribution in [-0.2, 0) is 23.9 Å². The Morgan fingerprint density at radius 1 is 1.32 bits per heavy atom. The van der Waals surface area contributed by atoms with Crippen LogP contribution in [0.25, 0.3) is 0 Å². The number of aliphatic carboxylic acids is 1. The van der Waals surface area contributed by atoms with Gasteiger partial charge in [-0.2, -0.15) is 0 Å². The number of ether oxygens (including phenoxy) is 2. The third-order valence-electron chi connectivity index (χ3n) is 2.62. The minimum absolute atomic E-state index is 0.0470. The van der Waals surface area contributed by atoms with Gasteiger partial charge in [-0.15, -0.1) is 0 Å². The van der Waals surface area contributed by atoms with E-state index in [2.05, 4.69) is 11.3 Å². The third-order valence-corrected chi connectivity index (χ3v) is 2.62. The Bertz CT molecular complexity index is 360. The average molecular weight is 272 g/mol. The molecule has 6 nitrogen and oxygen atoms in total. The highest BCUT2D eigenvalue weighted by atomic mass is 16.6. The maximum atomic E-state index is 11.6. The largest absolute Gasteiger partial charge is 0.481 e. The molecule has 1 N–H and O–H groups in total. The van der Waals surface area contributed by atoms with E-state index in [1.54, 1.807) is 6.92 Å². The number of hydrogen-bond donors (Lipinski definition) is 1. The number of hydrogen-bond acceptors (Lipinski definition) is 5. The fourth-order valence-electron chi connectivity index (χ4n) is 1.52. The summed E-state index contributed by atoms with van der Waals surface area (Å²) in [5.41, 5.74) is 0.237. The van der Waals surface area contributed by atoms with Crippen LogP contribution in [0, 0.1) is 5.92 Å². The van der Waals surface area contributed by atoms with Crippen LogP contribution in [0.4, 0.5) is 0 Å². The first-order valence-electron chi connectivity index (χ1n) is 5.95. The quantitative estimate of drug-likeness (QED) is 0.532. The van der Waals surface area contributed by atoms with Crippen molar-refractivity contribution < 1.29 is 29.0 Å². The van der Waals surface area contributed by atoms with E-state index in [9.17, 15) is 14.4 Å². The zero-order valence-electron chi connectivity index (χ0n) is 11.5. The Morgan fingerprint density at radius 2 is 1.89 bits per heavy atom. The Balaban J connectivity index is 4.56. The first-order valence-corrected chi connectivity index (χ1v) is 5.95. The molecular weight excluding hydrogens is 252 g/mol. The minimum Gasteiger partial charge on any atom is -0.481 e. The van der Waals surface area contributed by atoms with Crippen LogP contribution in [0.2, 0.25) is 0 Å². The predicted octanol–water partition coefficient (Wildman–Crippen LogP) is 1.54. The van der Waals surface area contributed by atoms with Crippen molar-refractivity contribution in [3.63, 3.8) is 0 Å². The van der Waals surface area contributed by atoms with Gasteiger partial charge in [-0.05, 0) is 26.7 Å². The second-order valence-electron chi connectivity index (χ2n) is 4.31. The highest BCUT2D eigenvalue weighted by Gasteiger charge is 2.28. The molecule has 2 unspecified atom stereocenters. The van der Waals surface area contributed by atoms with Gasteiger partial charge in [0.05, 0.1) is 13.0 Å². The average Bonchev–Trinajstić information content (AvgIpc) is 2.32. The molecular formula is C13H20O6. The molecule has 0 aliphatic rings. The number of esters is 2. The monoisotopic (exact) mass is 272 g/mol. The van der Waals surface area contributed by atoms with Crippen molar-refractivity contribution in [2.24, 2.45) is 5.92 Å². The Kier molecular flexibility index (Phi) is 7.48. The van der Waals surface area contributed by atoms with E-state index < -0.39 is 29.9 Å². The van der Waals surface area contributed by atoms with Crippen LogP contribution in [0.1, 0.15) is 33.1 Å². The lowest BCUT2D eigenvalue weighted by Crippen LogP contribution is -2.31. The Labute approximate surface area is 112 Å². The molecule has 2 atom stereocenters. The fourth-order valence-corrected chi connectivity index (χ4v) is 1.52. The summed E-state index contributed by atoms with van der Waals surface area (Å²) in [6, 6.07) is 0. The summed E-state index contributed by atoms with van der Waals surface area (Å²) >= 11 is 0. The first-order chi connectivity index (χ1) is 8.79. The van der Waals surface area contributed by atoms with Crippen LogP contribution in [0.5, 0.6) is 0 Å². The highest BCUT2D eigenvalue weighted by Crippen LogP contribution is 2.18. The molecule has 0 saturated carbocycles. The molecule has 0 spiro atoms. The molecule has 108 valence electrons. The van der Waals surface area contributed by atoms with Crippen molar-refractivity contribution >= 4 is 17.9 Å². The summed E-state index contributed by atoms with van der Waals surface area (Å²) in [5, 5.41) is 8.57. The summed E-state index contributed by atoms with van der Waals surface area (Å²) < 4.78 is 9.70. The molecule has 19 heavy (non-hydrogen) atoms. The molecule has 0 amide bonds. The lowest BCUT2D eigenvalue weighted by atomic mass is 9.96. The van der Waals surface area contributed by atoms with Crippen molar-refractivity contribution in [2.75, 3.05) is 7.11 Å². The van der Waals surface area contributed by atoms with Crippen LogP contribution < -0.4 is 0 Å². The molecule has 0 aromatic carbocycles. The second kappa shape index (κ2) is 8.29. The van der Waals surface area contributed by atoms with Gasteiger partial charge in [-0.3, -0.25) is 9.59 Å². The van der Waals surface area contributed by atoms with Gasteiger partial charge >= 0.3 is 17.9 Å². The van der Waals surface area contributed by atoms with Gasteiger partial charge in [-0.25, -0.2) is 4.79 Å². The zero-order valence-corrected chi connectivity index (χ0v) is 11.5. The lowest BCUT2D eigenvalue weighted by molar-refractivity contribution is -0.157. The second-order valence-corrected chi connectivity index (χ2v) is 4.31. The molecule has 0 rings (SSSR count). The summed E-state index contributed by atoms with van der Waals surface area (Å²) in [5.74, 6) is -2.71. The maximum Gasteiger partial charge on any atom is 0.333 e. The van der Waals surface area contributed by atoms with Gasteiger partial charge in [-0.1, -0.05) is 6.58 Å². The molecule has 0 aliphatic heterocycles. The first kappa shape index (κ1) is 17.2. The van der Waals surface area contributed by atoms with Gasteiger partial charge < -0.3 is 14.6 Å². The Morgan fingerprint density at radius 3 is 2.32 bits per heavy atom. The summed E-state index contributed by atoms with van der Waals surface area (Å²) in [7, 11) is 1.24. The topological polar surface area (TPSA) is 89.9 Å². The van der Waals surface area contributed by atoms with E-state index in [1.807, 2.05) is 0 Å². The zero-order chi connectivity index (χ0) is 15.0. The third kappa shape index (κ3) is 6.59.